The molecule has 3 aromatic carbocycles. The van der Waals surface area contributed by atoms with Crippen molar-refractivity contribution < 1.29 is 0 Å². The molecule has 0 atom stereocenters. The van der Waals surface area contributed by atoms with E-state index in [0.29, 0.717) is 16.9 Å². The highest BCUT2D eigenvalue weighted by atomic mass is 16.1. The Hall–Kier alpha value is -4.45. The largest absolute Gasteiger partial charge is 0.334 e. The number of hydrogen-bond donors (Lipinski definition) is 1. The third-order valence-corrected chi connectivity index (χ3v) is 6.10. The number of imidazole rings is 1. The maximum Gasteiger partial charge on any atom is 0.280 e. The van der Waals surface area contributed by atoms with Gasteiger partial charge in [0.05, 0.1) is 39.9 Å². The van der Waals surface area contributed by atoms with E-state index in [9.17, 15) is 4.79 Å². The van der Waals surface area contributed by atoms with Gasteiger partial charge in [0, 0.05) is 12.6 Å². The summed E-state index contributed by atoms with van der Waals surface area (Å²) in [5.41, 5.74) is 8.23. The topological polar surface area (TPSA) is 68.0 Å². The van der Waals surface area contributed by atoms with Crippen LogP contribution in [0.1, 0.15) is 5.69 Å². The summed E-state index contributed by atoms with van der Waals surface area (Å²) in [5, 5.41) is 3.35. The summed E-state index contributed by atoms with van der Waals surface area (Å²) in [6.07, 6.45) is 1.78. The van der Waals surface area contributed by atoms with E-state index in [1.54, 1.807) is 10.8 Å². The van der Waals surface area contributed by atoms with Gasteiger partial charge in [-0.3, -0.25) is 9.89 Å². The standard InChI is InChI=1S/C27H21N5O/c1-17-23(20-13-14-21-22(15-20)31(2)16-28-21)27(33)32-26(29-17)24(18-9-5-3-6-10-18)25(30-32)19-11-7-4-8-12-19/h3-16,30H,1-2H3. The highest BCUT2D eigenvalue weighted by Gasteiger charge is 2.21. The number of nitrogens with one attached hydrogen (secondary N) is 1. The Morgan fingerprint density at radius 2 is 1.52 bits per heavy atom. The number of H-pyrrole nitrogens is 1. The molecule has 6 nitrogen and oxygen atoms in total. The molecule has 0 radical (unpaired) electrons. The Labute approximate surface area is 189 Å². The van der Waals surface area contributed by atoms with Crippen molar-refractivity contribution >= 4 is 16.7 Å². The van der Waals surface area contributed by atoms with Gasteiger partial charge in [0.15, 0.2) is 5.65 Å². The van der Waals surface area contributed by atoms with E-state index >= 15 is 0 Å². The lowest BCUT2D eigenvalue weighted by atomic mass is 10.0. The number of aromatic amines is 1. The Morgan fingerprint density at radius 1 is 0.818 bits per heavy atom. The molecular weight excluding hydrogens is 410 g/mol. The van der Waals surface area contributed by atoms with Crippen molar-refractivity contribution in [3.05, 3.63) is 101 Å². The molecule has 0 aliphatic carbocycles. The zero-order chi connectivity index (χ0) is 22.5. The van der Waals surface area contributed by atoms with Gasteiger partial charge in [-0.25, -0.2) is 9.97 Å². The van der Waals surface area contributed by atoms with Crippen molar-refractivity contribution in [1.82, 2.24) is 24.1 Å². The number of aromatic nitrogens is 5. The Bertz CT molecular complexity index is 1690. The highest BCUT2D eigenvalue weighted by Crippen LogP contribution is 2.34. The number of rotatable bonds is 3. The number of hydrogen-bond acceptors (Lipinski definition) is 3. The number of aryl methyl sites for hydroxylation is 2. The first-order chi connectivity index (χ1) is 16.1. The summed E-state index contributed by atoms with van der Waals surface area (Å²) in [7, 11) is 1.95. The molecule has 6 aromatic rings. The van der Waals surface area contributed by atoms with Crippen molar-refractivity contribution in [3.63, 3.8) is 0 Å². The van der Waals surface area contributed by atoms with Crippen LogP contribution in [0.3, 0.4) is 0 Å². The maximum atomic E-state index is 13.8. The van der Waals surface area contributed by atoms with Crippen LogP contribution in [-0.4, -0.2) is 24.1 Å². The van der Waals surface area contributed by atoms with Crippen LogP contribution in [0.4, 0.5) is 0 Å². The highest BCUT2D eigenvalue weighted by molar-refractivity contribution is 5.91. The van der Waals surface area contributed by atoms with Crippen LogP contribution in [0, 0.1) is 6.92 Å². The fraction of sp³-hybridized carbons (Fsp3) is 0.0741. The SMILES string of the molecule is Cc1nc2c(-c3ccccc3)c(-c3ccccc3)[nH]n2c(=O)c1-c1ccc2ncn(C)c2c1. The minimum absolute atomic E-state index is 0.126. The van der Waals surface area contributed by atoms with Crippen LogP contribution >= 0.6 is 0 Å². The molecule has 0 saturated carbocycles. The fourth-order valence-electron chi connectivity index (χ4n) is 4.48. The van der Waals surface area contributed by atoms with Gasteiger partial charge in [-0.05, 0) is 30.2 Å². The predicted octanol–water partition coefficient (Wildman–Crippen LogP) is 5.22. The molecule has 0 fully saturated rings. The van der Waals surface area contributed by atoms with Gasteiger partial charge in [-0.1, -0.05) is 66.7 Å². The zero-order valence-corrected chi connectivity index (χ0v) is 18.3. The van der Waals surface area contributed by atoms with Crippen LogP contribution in [0.5, 0.6) is 0 Å². The number of fused-ring (bicyclic) bond motifs is 2. The maximum absolute atomic E-state index is 13.8. The molecule has 0 spiro atoms. The lowest BCUT2D eigenvalue weighted by Gasteiger charge is -2.07. The van der Waals surface area contributed by atoms with Gasteiger partial charge in [0.1, 0.15) is 0 Å². The molecule has 0 saturated heterocycles. The lowest BCUT2D eigenvalue weighted by Crippen LogP contribution is -2.19. The smallest absolute Gasteiger partial charge is 0.280 e. The van der Waals surface area contributed by atoms with Crippen molar-refractivity contribution in [2.75, 3.05) is 0 Å². The van der Waals surface area contributed by atoms with Crippen molar-refractivity contribution in [2.45, 2.75) is 6.92 Å². The van der Waals surface area contributed by atoms with Gasteiger partial charge >= 0.3 is 0 Å². The van der Waals surface area contributed by atoms with Crippen LogP contribution in [0.15, 0.2) is 90.0 Å². The van der Waals surface area contributed by atoms with Crippen molar-refractivity contribution in [1.29, 1.82) is 0 Å². The van der Waals surface area contributed by atoms with Gasteiger partial charge in [-0.2, -0.15) is 4.52 Å². The van der Waals surface area contributed by atoms with Gasteiger partial charge in [0.2, 0.25) is 0 Å². The summed E-state index contributed by atoms with van der Waals surface area (Å²) in [6, 6.07) is 26.0. The molecule has 0 aliphatic rings. The quantitative estimate of drug-likeness (QED) is 0.418. The first kappa shape index (κ1) is 19.3. The average molecular weight is 431 g/mol. The third kappa shape index (κ3) is 2.99. The zero-order valence-electron chi connectivity index (χ0n) is 18.3. The van der Waals surface area contributed by atoms with E-state index in [1.165, 1.54) is 0 Å². The normalized spacial score (nSPS) is 11.5. The predicted molar refractivity (Wildman–Crippen MR) is 131 cm³/mol. The minimum atomic E-state index is -0.126. The van der Waals surface area contributed by atoms with E-state index in [0.717, 1.165) is 39.0 Å². The second kappa shape index (κ2) is 7.31. The monoisotopic (exact) mass is 431 g/mol. The molecule has 160 valence electrons. The summed E-state index contributed by atoms with van der Waals surface area (Å²) >= 11 is 0. The van der Waals surface area contributed by atoms with Crippen LogP contribution < -0.4 is 5.56 Å². The average Bonchev–Trinajstić information content (AvgIpc) is 3.41. The first-order valence-corrected chi connectivity index (χ1v) is 10.8. The van der Waals surface area contributed by atoms with Crippen LogP contribution in [-0.2, 0) is 7.05 Å². The third-order valence-electron chi connectivity index (χ3n) is 6.10. The number of benzene rings is 3. The van der Waals surface area contributed by atoms with Gasteiger partial charge < -0.3 is 4.57 Å². The molecule has 6 heteroatoms. The molecule has 1 N–H and O–H groups in total. The Kier molecular flexibility index (Phi) is 4.26. The van der Waals surface area contributed by atoms with Crippen LogP contribution in [0.25, 0.3) is 50.2 Å². The summed E-state index contributed by atoms with van der Waals surface area (Å²) in [4.78, 5) is 23.1. The molecule has 3 heterocycles. The van der Waals surface area contributed by atoms with Gasteiger partial charge in [-0.15, -0.1) is 0 Å². The van der Waals surface area contributed by atoms with Crippen molar-refractivity contribution in [3.8, 4) is 33.5 Å². The summed E-state index contributed by atoms with van der Waals surface area (Å²) in [5.74, 6) is 0. The summed E-state index contributed by atoms with van der Waals surface area (Å²) in [6.45, 7) is 1.90. The number of nitrogens with zero attached hydrogens (tertiary/aromatic N) is 4. The van der Waals surface area contributed by atoms with Crippen LogP contribution in [0.2, 0.25) is 0 Å². The molecule has 0 bridgehead atoms. The first-order valence-electron chi connectivity index (χ1n) is 10.8. The van der Waals surface area contributed by atoms with E-state index in [2.05, 4.69) is 10.1 Å². The minimum Gasteiger partial charge on any atom is -0.334 e. The van der Waals surface area contributed by atoms with E-state index in [1.807, 2.05) is 97.4 Å². The van der Waals surface area contributed by atoms with E-state index in [4.69, 9.17) is 4.98 Å². The molecule has 3 aromatic heterocycles. The van der Waals surface area contributed by atoms with Gasteiger partial charge in [0.25, 0.3) is 5.56 Å². The Morgan fingerprint density at radius 3 is 2.24 bits per heavy atom. The Balaban J connectivity index is 1.67. The lowest BCUT2D eigenvalue weighted by molar-refractivity contribution is 0.896. The molecule has 6 rings (SSSR count). The second-order valence-corrected chi connectivity index (χ2v) is 8.19. The molecule has 0 aliphatic heterocycles. The van der Waals surface area contributed by atoms with Crippen molar-refractivity contribution in [2.24, 2.45) is 7.05 Å². The van der Waals surface area contributed by atoms with E-state index < -0.39 is 0 Å². The molecule has 33 heavy (non-hydrogen) atoms. The molecule has 0 unspecified atom stereocenters. The summed E-state index contributed by atoms with van der Waals surface area (Å²) < 4.78 is 3.52. The van der Waals surface area contributed by atoms with E-state index in [-0.39, 0.29) is 5.56 Å². The molecule has 0 amide bonds. The second-order valence-electron chi connectivity index (χ2n) is 8.19. The fourth-order valence-corrected chi connectivity index (χ4v) is 4.48. The molecular formula is C27H21N5O.